The van der Waals surface area contributed by atoms with Gasteiger partial charge in [-0.25, -0.2) is 14.6 Å². The van der Waals surface area contributed by atoms with Gasteiger partial charge in [0.05, 0.1) is 10.6 Å². The summed E-state index contributed by atoms with van der Waals surface area (Å²) in [6.07, 6.45) is -3.68. The number of ether oxygens (including phenoxy) is 1. The van der Waals surface area contributed by atoms with Gasteiger partial charge < -0.3 is 26.0 Å². The second kappa shape index (κ2) is 12.4. The summed E-state index contributed by atoms with van der Waals surface area (Å²) in [6, 6.07) is 9.01. The third-order valence-electron chi connectivity index (χ3n) is 5.94. The Balaban J connectivity index is 1.47. The molecule has 44 heavy (non-hydrogen) atoms. The number of carbonyl (C=O) groups is 2. The van der Waals surface area contributed by atoms with Gasteiger partial charge in [-0.2, -0.15) is 22.8 Å². The standard InChI is InChI=1S/C29H30ClF3N8O3/c1-15-7-8-19(36-26(42)35-18-9-10-21(30)20(12-18)29(31,32)33)13-22(15)37-25-34-14-16(2)24(39-25)38-23-11-17(3)41(40-23)27(43)44-28(4,5)6/h7-14H,1-6H3,(H2,35,36,42)(H2,34,37,38,39,40). The number of aromatic nitrogens is 4. The van der Waals surface area contributed by atoms with Crippen molar-refractivity contribution in [2.75, 3.05) is 21.3 Å². The summed E-state index contributed by atoms with van der Waals surface area (Å²) >= 11 is 5.65. The molecule has 4 N–H and O–H groups in total. The normalized spacial score (nSPS) is 11.6. The largest absolute Gasteiger partial charge is 0.442 e. The van der Waals surface area contributed by atoms with E-state index >= 15 is 0 Å². The Morgan fingerprint density at radius 1 is 0.909 bits per heavy atom. The average Bonchev–Trinajstić information content (AvgIpc) is 3.27. The predicted octanol–water partition coefficient (Wildman–Crippen LogP) is 8.18. The molecule has 0 aliphatic carbocycles. The molecule has 0 bridgehead atoms. The molecule has 0 aliphatic rings. The smallest absolute Gasteiger partial charge is 0.435 e. The second-order valence-corrected chi connectivity index (χ2v) is 11.2. The minimum atomic E-state index is -4.67. The molecule has 0 saturated carbocycles. The number of nitrogens with zero attached hydrogens (tertiary/aromatic N) is 4. The molecule has 2 heterocycles. The van der Waals surface area contributed by atoms with Crippen LogP contribution in [0, 0.1) is 20.8 Å². The molecule has 4 rings (SSSR count). The van der Waals surface area contributed by atoms with Gasteiger partial charge in [0.25, 0.3) is 0 Å². The van der Waals surface area contributed by atoms with Gasteiger partial charge in [0, 0.05) is 40.6 Å². The number of alkyl halides is 3. The van der Waals surface area contributed by atoms with Gasteiger partial charge in [0.15, 0.2) is 5.82 Å². The maximum absolute atomic E-state index is 13.2. The van der Waals surface area contributed by atoms with E-state index in [1.54, 1.807) is 65.1 Å². The van der Waals surface area contributed by atoms with E-state index in [-0.39, 0.29) is 11.6 Å². The molecule has 0 saturated heterocycles. The van der Waals surface area contributed by atoms with Crippen molar-refractivity contribution in [2.45, 2.75) is 53.3 Å². The molecular weight excluding hydrogens is 601 g/mol. The topological polar surface area (TPSA) is 135 Å². The number of urea groups is 1. The van der Waals surface area contributed by atoms with Crippen LogP contribution >= 0.6 is 11.6 Å². The number of rotatable bonds is 6. The van der Waals surface area contributed by atoms with Crippen LogP contribution in [0.5, 0.6) is 0 Å². The highest BCUT2D eigenvalue weighted by atomic mass is 35.5. The zero-order valence-electron chi connectivity index (χ0n) is 24.6. The Bertz CT molecular complexity index is 1720. The number of nitrogens with one attached hydrogen (secondary N) is 4. The Kier molecular flexibility index (Phi) is 9.04. The van der Waals surface area contributed by atoms with E-state index in [0.717, 1.165) is 22.4 Å². The van der Waals surface area contributed by atoms with Gasteiger partial charge in [-0.3, -0.25) is 0 Å². The summed E-state index contributed by atoms with van der Waals surface area (Å²) in [4.78, 5) is 33.9. The van der Waals surface area contributed by atoms with Crippen LogP contribution in [-0.2, 0) is 10.9 Å². The van der Waals surface area contributed by atoms with E-state index < -0.39 is 34.5 Å². The number of hydrogen-bond donors (Lipinski definition) is 4. The van der Waals surface area contributed by atoms with Crippen molar-refractivity contribution in [1.82, 2.24) is 19.7 Å². The number of carbonyl (C=O) groups excluding carboxylic acids is 2. The van der Waals surface area contributed by atoms with Crippen molar-refractivity contribution in [3.63, 3.8) is 0 Å². The molecule has 0 fully saturated rings. The summed E-state index contributed by atoms with van der Waals surface area (Å²) in [5.74, 6) is 1.04. The second-order valence-electron chi connectivity index (χ2n) is 10.8. The first-order valence-corrected chi connectivity index (χ1v) is 13.6. The molecule has 4 aromatic rings. The lowest BCUT2D eigenvalue weighted by atomic mass is 10.2. The molecule has 11 nitrogen and oxygen atoms in total. The lowest BCUT2D eigenvalue weighted by molar-refractivity contribution is -0.137. The van der Waals surface area contributed by atoms with Crippen LogP contribution in [0.4, 0.5) is 57.4 Å². The zero-order chi connectivity index (χ0) is 32.4. The molecule has 2 aromatic carbocycles. The summed E-state index contributed by atoms with van der Waals surface area (Å²) in [5.41, 5.74) is 1.17. The van der Waals surface area contributed by atoms with Crippen LogP contribution in [0.1, 0.15) is 43.2 Å². The highest BCUT2D eigenvalue weighted by Crippen LogP contribution is 2.36. The van der Waals surface area contributed by atoms with E-state index in [9.17, 15) is 22.8 Å². The SMILES string of the molecule is Cc1ccc(NC(=O)Nc2ccc(Cl)c(C(F)(F)F)c2)cc1Nc1ncc(C)c(Nc2cc(C)n(C(=O)OC(C)(C)C)n2)n1. The van der Waals surface area contributed by atoms with E-state index in [1.807, 2.05) is 6.92 Å². The Hall–Kier alpha value is -4.85. The fourth-order valence-electron chi connectivity index (χ4n) is 3.84. The van der Waals surface area contributed by atoms with Gasteiger partial charge in [-0.05, 0) is 77.4 Å². The number of aryl methyl sites for hydroxylation is 3. The number of amides is 2. The maximum Gasteiger partial charge on any atom is 0.435 e. The number of hydrogen-bond acceptors (Lipinski definition) is 8. The monoisotopic (exact) mass is 630 g/mol. The average molecular weight is 631 g/mol. The first-order valence-electron chi connectivity index (χ1n) is 13.2. The van der Waals surface area contributed by atoms with Crippen molar-refractivity contribution in [2.24, 2.45) is 0 Å². The van der Waals surface area contributed by atoms with E-state index in [4.69, 9.17) is 16.3 Å². The number of halogens is 4. The third-order valence-corrected chi connectivity index (χ3v) is 6.27. The van der Waals surface area contributed by atoms with Crippen molar-refractivity contribution < 1.29 is 27.5 Å². The van der Waals surface area contributed by atoms with Crippen LogP contribution < -0.4 is 21.3 Å². The van der Waals surface area contributed by atoms with E-state index in [2.05, 4.69) is 36.3 Å². The number of anilines is 6. The molecule has 2 amide bonds. The minimum absolute atomic E-state index is 0.0797. The summed E-state index contributed by atoms with van der Waals surface area (Å²) in [7, 11) is 0. The fraction of sp³-hybridized carbons (Fsp3) is 0.276. The lowest BCUT2D eigenvalue weighted by Crippen LogP contribution is -2.28. The van der Waals surface area contributed by atoms with Crippen LogP contribution in [0.3, 0.4) is 0 Å². The van der Waals surface area contributed by atoms with Gasteiger partial charge in [0.2, 0.25) is 5.95 Å². The third kappa shape index (κ3) is 8.16. The molecule has 2 aromatic heterocycles. The highest BCUT2D eigenvalue weighted by molar-refractivity contribution is 6.31. The summed E-state index contributed by atoms with van der Waals surface area (Å²) in [5, 5.41) is 15.0. The first-order chi connectivity index (χ1) is 20.5. The predicted molar refractivity (Wildman–Crippen MR) is 162 cm³/mol. The van der Waals surface area contributed by atoms with Crippen LogP contribution in [0.25, 0.3) is 0 Å². The van der Waals surface area contributed by atoms with Crippen molar-refractivity contribution >= 4 is 58.4 Å². The lowest BCUT2D eigenvalue weighted by Gasteiger charge is -2.19. The quantitative estimate of drug-likeness (QED) is 0.167. The van der Waals surface area contributed by atoms with Gasteiger partial charge in [-0.15, -0.1) is 5.10 Å². The summed E-state index contributed by atoms with van der Waals surface area (Å²) in [6.45, 7) is 10.7. The van der Waals surface area contributed by atoms with Gasteiger partial charge >= 0.3 is 18.3 Å². The molecule has 0 atom stereocenters. The molecule has 0 radical (unpaired) electrons. The molecular formula is C29H30ClF3N8O3. The molecule has 232 valence electrons. The van der Waals surface area contributed by atoms with E-state index in [0.29, 0.717) is 34.3 Å². The highest BCUT2D eigenvalue weighted by Gasteiger charge is 2.33. The van der Waals surface area contributed by atoms with Crippen molar-refractivity contribution in [3.8, 4) is 0 Å². The Labute approximate surface area is 256 Å². The Morgan fingerprint density at radius 2 is 1.57 bits per heavy atom. The minimum Gasteiger partial charge on any atom is -0.442 e. The van der Waals surface area contributed by atoms with Crippen LogP contribution in [0.2, 0.25) is 5.02 Å². The van der Waals surface area contributed by atoms with Gasteiger partial charge in [0.1, 0.15) is 11.4 Å². The van der Waals surface area contributed by atoms with Gasteiger partial charge in [-0.1, -0.05) is 17.7 Å². The summed E-state index contributed by atoms with van der Waals surface area (Å²) < 4.78 is 46.1. The van der Waals surface area contributed by atoms with Crippen molar-refractivity contribution in [3.05, 3.63) is 76.1 Å². The molecule has 0 spiro atoms. The van der Waals surface area contributed by atoms with Crippen LogP contribution in [0.15, 0.2) is 48.7 Å². The van der Waals surface area contributed by atoms with E-state index in [1.165, 1.54) is 6.07 Å². The molecule has 0 unspecified atom stereocenters. The molecule has 15 heteroatoms. The van der Waals surface area contributed by atoms with Crippen LogP contribution in [-0.4, -0.2) is 37.5 Å². The number of benzene rings is 2. The first kappa shape index (κ1) is 32.1. The Morgan fingerprint density at radius 3 is 2.23 bits per heavy atom. The van der Waals surface area contributed by atoms with Crippen molar-refractivity contribution in [1.29, 1.82) is 0 Å². The fourth-order valence-corrected chi connectivity index (χ4v) is 4.07. The maximum atomic E-state index is 13.2. The zero-order valence-corrected chi connectivity index (χ0v) is 25.4. The molecule has 0 aliphatic heterocycles.